The van der Waals surface area contributed by atoms with Crippen LogP contribution in [0.4, 0.5) is 0 Å². The van der Waals surface area contributed by atoms with Crippen molar-refractivity contribution >= 4 is 16.9 Å². The van der Waals surface area contributed by atoms with E-state index in [1.165, 1.54) is 19.3 Å². The zero-order valence-electron chi connectivity index (χ0n) is 16.8. The second kappa shape index (κ2) is 9.56. The molecular formula is C21H29N5O2. The van der Waals surface area contributed by atoms with Gasteiger partial charge in [0.2, 0.25) is 0 Å². The third-order valence-corrected chi connectivity index (χ3v) is 5.36. The number of hydrogen-bond acceptors (Lipinski definition) is 5. The van der Waals surface area contributed by atoms with Crippen LogP contribution in [0.1, 0.15) is 49.4 Å². The molecule has 0 spiro atoms. The molecule has 1 fully saturated rings. The Kier molecular flexibility index (Phi) is 6.88. The second-order valence-electron chi connectivity index (χ2n) is 7.26. The lowest BCUT2D eigenvalue weighted by Gasteiger charge is -2.26. The van der Waals surface area contributed by atoms with Crippen molar-refractivity contribution in [3.8, 4) is 18.1 Å². The molecule has 2 heterocycles. The number of rotatable bonds is 5. The number of methoxy groups -OCH3 is 1. The molecule has 0 bridgehead atoms. The number of aromatic nitrogens is 3. The molecule has 1 N–H and O–H groups in total. The van der Waals surface area contributed by atoms with Gasteiger partial charge in [0.15, 0.2) is 0 Å². The first kappa shape index (κ1) is 20.2. The maximum atomic E-state index is 13.1. The molecule has 1 aliphatic heterocycles. The molecule has 0 saturated carbocycles. The number of likely N-dealkylation sites (N-methyl/N-ethyl adjacent to an activating group) is 1. The zero-order valence-corrected chi connectivity index (χ0v) is 16.8. The van der Waals surface area contributed by atoms with Gasteiger partial charge in [0.1, 0.15) is 17.8 Å². The van der Waals surface area contributed by atoms with Crippen LogP contribution in [0.2, 0.25) is 0 Å². The summed E-state index contributed by atoms with van der Waals surface area (Å²) in [6.07, 6.45) is 11.2. The summed E-state index contributed by atoms with van der Waals surface area (Å²) in [5.41, 5.74) is 1.86. The minimum atomic E-state index is -0.134. The Morgan fingerprint density at radius 2 is 2.18 bits per heavy atom. The van der Waals surface area contributed by atoms with Crippen molar-refractivity contribution in [2.45, 2.75) is 51.6 Å². The van der Waals surface area contributed by atoms with Crippen molar-refractivity contribution in [3.05, 3.63) is 17.7 Å². The minimum absolute atomic E-state index is 0.128. The summed E-state index contributed by atoms with van der Waals surface area (Å²) in [6.45, 7) is 5.47. The Hall–Kier alpha value is -2.59. The fourth-order valence-corrected chi connectivity index (χ4v) is 3.79. The summed E-state index contributed by atoms with van der Waals surface area (Å²) in [7, 11) is 1.56. The van der Waals surface area contributed by atoms with Crippen LogP contribution in [0.5, 0.6) is 5.75 Å². The first-order valence-corrected chi connectivity index (χ1v) is 10.0. The van der Waals surface area contributed by atoms with E-state index in [0.29, 0.717) is 23.4 Å². The molecule has 1 atom stereocenters. The lowest BCUT2D eigenvalue weighted by molar-refractivity contribution is 0.0920. The predicted molar refractivity (Wildman–Crippen MR) is 109 cm³/mol. The van der Waals surface area contributed by atoms with Crippen LogP contribution in [-0.2, 0) is 6.54 Å². The van der Waals surface area contributed by atoms with E-state index < -0.39 is 0 Å². The molecule has 150 valence electrons. The number of terminal acetylenes is 1. The standard InChI is InChI=1S/C21H29N5O2/c1-4-11-26-19-14-20(28-3)17(13-18(19)23-24-26)21(27)22-16-10-8-6-7-9-12-25(5-2)15-16/h1,13-14,16H,5-12,15H2,2-3H3,(H,22,27). The Morgan fingerprint density at radius 1 is 1.36 bits per heavy atom. The maximum absolute atomic E-state index is 13.1. The fourth-order valence-electron chi connectivity index (χ4n) is 3.79. The Bertz CT molecular complexity index is 854. The minimum Gasteiger partial charge on any atom is -0.496 e. The molecule has 7 nitrogen and oxygen atoms in total. The van der Waals surface area contributed by atoms with Crippen molar-refractivity contribution in [2.75, 3.05) is 26.7 Å². The summed E-state index contributed by atoms with van der Waals surface area (Å²) in [5, 5.41) is 11.4. The van der Waals surface area contributed by atoms with Gasteiger partial charge < -0.3 is 15.0 Å². The highest BCUT2D eigenvalue weighted by atomic mass is 16.5. The molecule has 0 aliphatic carbocycles. The maximum Gasteiger partial charge on any atom is 0.255 e. The molecule has 1 amide bonds. The van der Waals surface area contributed by atoms with Gasteiger partial charge in [0.05, 0.1) is 18.2 Å². The van der Waals surface area contributed by atoms with Crippen LogP contribution in [-0.4, -0.2) is 58.6 Å². The van der Waals surface area contributed by atoms with Gasteiger partial charge >= 0.3 is 0 Å². The quantitative estimate of drug-likeness (QED) is 0.803. The van der Waals surface area contributed by atoms with E-state index in [1.807, 2.05) is 0 Å². The average molecular weight is 383 g/mol. The summed E-state index contributed by atoms with van der Waals surface area (Å²) in [4.78, 5) is 15.5. The molecule has 0 radical (unpaired) electrons. The summed E-state index contributed by atoms with van der Waals surface area (Å²) < 4.78 is 7.10. The third kappa shape index (κ3) is 4.63. The SMILES string of the molecule is C#CCn1nnc2cc(C(=O)NC3CCCCCCN(CC)C3)c(OC)cc21. The number of fused-ring (bicyclic) bond motifs is 1. The topological polar surface area (TPSA) is 72.3 Å². The van der Waals surface area contributed by atoms with Crippen LogP contribution in [0.25, 0.3) is 11.0 Å². The Balaban J connectivity index is 1.82. The molecule has 1 saturated heterocycles. The van der Waals surface area contributed by atoms with Gasteiger partial charge in [0.25, 0.3) is 5.91 Å². The summed E-state index contributed by atoms with van der Waals surface area (Å²) in [6, 6.07) is 3.64. The van der Waals surface area contributed by atoms with Crippen LogP contribution in [0, 0.1) is 12.3 Å². The van der Waals surface area contributed by atoms with Crippen LogP contribution in [0.15, 0.2) is 12.1 Å². The molecule has 1 unspecified atom stereocenters. The number of amides is 1. The fraction of sp³-hybridized carbons (Fsp3) is 0.571. The van der Waals surface area contributed by atoms with E-state index in [9.17, 15) is 4.79 Å². The van der Waals surface area contributed by atoms with Crippen molar-refractivity contribution < 1.29 is 9.53 Å². The van der Waals surface area contributed by atoms with E-state index in [0.717, 1.165) is 38.0 Å². The largest absolute Gasteiger partial charge is 0.496 e. The highest BCUT2D eigenvalue weighted by molar-refractivity contribution is 6.00. The molecule has 1 aliphatic rings. The van der Waals surface area contributed by atoms with Crippen LogP contribution >= 0.6 is 0 Å². The van der Waals surface area contributed by atoms with E-state index in [4.69, 9.17) is 11.2 Å². The highest BCUT2D eigenvalue weighted by Gasteiger charge is 2.21. The molecular weight excluding hydrogens is 354 g/mol. The predicted octanol–water partition coefficient (Wildman–Crippen LogP) is 2.46. The van der Waals surface area contributed by atoms with E-state index in [-0.39, 0.29) is 11.9 Å². The van der Waals surface area contributed by atoms with Gasteiger partial charge in [-0.2, -0.15) is 0 Å². The van der Waals surface area contributed by atoms with Crippen LogP contribution < -0.4 is 10.1 Å². The second-order valence-corrected chi connectivity index (χ2v) is 7.26. The summed E-state index contributed by atoms with van der Waals surface area (Å²) in [5.74, 6) is 2.92. The number of hydrogen-bond donors (Lipinski definition) is 1. The Morgan fingerprint density at radius 3 is 2.93 bits per heavy atom. The lowest BCUT2D eigenvalue weighted by Crippen LogP contribution is -2.43. The van der Waals surface area contributed by atoms with Gasteiger partial charge in [-0.3, -0.25) is 4.79 Å². The highest BCUT2D eigenvalue weighted by Crippen LogP contribution is 2.25. The van der Waals surface area contributed by atoms with E-state index >= 15 is 0 Å². The molecule has 1 aromatic carbocycles. The molecule has 1 aromatic heterocycles. The average Bonchev–Trinajstić information content (AvgIpc) is 3.14. The monoisotopic (exact) mass is 383 g/mol. The molecule has 2 aromatic rings. The normalized spacial score (nSPS) is 18.7. The zero-order chi connectivity index (χ0) is 19.9. The van der Waals surface area contributed by atoms with Crippen molar-refractivity contribution in [1.29, 1.82) is 0 Å². The molecule has 3 rings (SSSR count). The first-order chi connectivity index (χ1) is 13.7. The van der Waals surface area contributed by atoms with E-state index in [2.05, 4.69) is 33.4 Å². The van der Waals surface area contributed by atoms with Crippen molar-refractivity contribution in [1.82, 2.24) is 25.2 Å². The molecule has 7 heteroatoms. The molecule has 28 heavy (non-hydrogen) atoms. The number of nitrogens with one attached hydrogen (secondary N) is 1. The van der Waals surface area contributed by atoms with Gasteiger partial charge in [0, 0.05) is 18.7 Å². The number of ether oxygens (including phenoxy) is 1. The number of carbonyl (C=O) groups excluding carboxylic acids is 1. The smallest absolute Gasteiger partial charge is 0.255 e. The number of benzene rings is 1. The summed E-state index contributed by atoms with van der Waals surface area (Å²) >= 11 is 0. The lowest BCUT2D eigenvalue weighted by atomic mass is 10.1. The van der Waals surface area contributed by atoms with Crippen molar-refractivity contribution in [2.24, 2.45) is 0 Å². The first-order valence-electron chi connectivity index (χ1n) is 10.0. The Labute approximate surface area is 166 Å². The van der Waals surface area contributed by atoms with Crippen molar-refractivity contribution in [3.63, 3.8) is 0 Å². The van der Waals surface area contributed by atoms with Crippen LogP contribution in [0.3, 0.4) is 0 Å². The third-order valence-electron chi connectivity index (χ3n) is 5.36. The van der Waals surface area contributed by atoms with Gasteiger partial charge in [-0.05, 0) is 32.0 Å². The van der Waals surface area contributed by atoms with Gasteiger partial charge in [-0.15, -0.1) is 11.5 Å². The van der Waals surface area contributed by atoms with Gasteiger partial charge in [-0.1, -0.05) is 37.3 Å². The van der Waals surface area contributed by atoms with E-state index in [1.54, 1.807) is 23.9 Å². The number of nitrogens with zero attached hydrogens (tertiary/aromatic N) is 4. The van der Waals surface area contributed by atoms with Gasteiger partial charge in [-0.25, -0.2) is 4.68 Å². The number of carbonyl (C=O) groups is 1.